The van der Waals surface area contributed by atoms with E-state index < -0.39 is 0 Å². The van der Waals surface area contributed by atoms with Crippen molar-refractivity contribution in [1.82, 2.24) is 10.2 Å². The molecule has 0 spiro atoms. The molecule has 1 aliphatic rings. The average Bonchev–Trinajstić information content (AvgIpc) is 2.26. The molecule has 1 saturated heterocycles. The van der Waals surface area contributed by atoms with Crippen LogP contribution in [-0.4, -0.2) is 36.1 Å². The molecule has 2 atom stereocenters. The molecule has 2 nitrogen and oxygen atoms in total. The molecule has 0 amide bonds. The third-order valence-corrected chi connectivity index (χ3v) is 3.54. The van der Waals surface area contributed by atoms with E-state index in [1.807, 2.05) is 6.92 Å². The van der Waals surface area contributed by atoms with E-state index in [1.54, 1.807) is 0 Å². The fraction of sp³-hybridized carbons (Fsp3) is 0.846. The summed E-state index contributed by atoms with van der Waals surface area (Å²) in [6.07, 6.45) is 2.39. The van der Waals surface area contributed by atoms with Gasteiger partial charge in [0, 0.05) is 24.7 Å². The molecule has 2 heteroatoms. The second-order valence-corrected chi connectivity index (χ2v) is 4.69. The molecule has 0 saturated carbocycles. The number of nitrogens with one attached hydrogen (secondary N) is 1. The van der Waals surface area contributed by atoms with Gasteiger partial charge in [0.1, 0.15) is 0 Å². The van der Waals surface area contributed by atoms with E-state index in [0.29, 0.717) is 6.04 Å². The van der Waals surface area contributed by atoms with Gasteiger partial charge >= 0.3 is 0 Å². The summed E-state index contributed by atoms with van der Waals surface area (Å²) in [5.41, 5.74) is 0.279. The second kappa shape index (κ2) is 5.53. The molecule has 1 rings (SSSR count). The van der Waals surface area contributed by atoms with E-state index >= 15 is 0 Å². The number of rotatable bonds is 3. The average molecular weight is 208 g/mol. The van der Waals surface area contributed by atoms with Crippen molar-refractivity contribution in [2.75, 3.05) is 19.6 Å². The predicted molar refractivity (Wildman–Crippen MR) is 65.8 cm³/mol. The number of piperazine rings is 1. The molecule has 15 heavy (non-hydrogen) atoms. The molecule has 1 N–H and O–H groups in total. The van der Waals surface area contributed by atoms with Gasteiger partial charge in [0.2, 0.25) is 0 Å². The van der Waals surface area contributed by atoms with Gasteiger partial charge in [0.15, 0.2) is 0 Å². The number of nitrogens with zero attached hydrogens (tertiary/aromatic N) is 1. The molecule has 0 aromatic heterocycles. The number of hydrogen-bond acceptors (Lipinski definition) is 2. The molecule has 0 bridgehead atoms. The zero-order chi connectivity index (χ0) is 11.3. The summed E-state index contributed by atoms with van der Waals surface area (Å²) in [7, 11) is 0. The zero-order valence-electron chi connectivity index (χ0n) is 10.6. The van der Waals surface area contributed by atoms with Crippen molar-refractivity contribution in [3.63, 3.8) is 0 Å². The quantitative estimate of drug-likeness (QED) is 0.712. The van der Waals surface area contributed by atoms with Crippen LogP contribution < -0.4 is 5.32 Å². The van der Waals surface area contributed by atoms with Crippen molar-refractivity contribution in [1.29, 1.82) is 0 Å². The topological polar surface area (TPSA) is 15.3 Å². The lowest BCUT2D eigenvalue weighted by molar-refractivity contribution is 0.0952. The normalized spacial score (nSPS) is 32.1. The Labute approximate surface area is 94.4 Å². The van der Waals surface area contributed by atoms with Crippen LogP contribution in [-0.2, 0) is 0 Å². The van der Waals surface area contributed by atoms with Crippen molar-refractivity contribution in [2.24, 2.45) is 0 Å². The van der Waals surface area contributed by atoms with Gasteiger partial charge in [0.05, 0.1) is 6.54 Å². The van der Waals surface area contributed by atoms with Crippen LogP contribution in [0.3, 0.4) is 0 Å². The van der Waals surface area contributed by atoms with E-state index in [9.17, 15) is 0 Å². The summed E-state index contributed by atoms with van der Waals surface area (Å²) < 4.78 is 0. The van der Waals surface area contributed by atoms with Gasteiger partial charge in [-0.15, -0.1) is 5.92 Å². The van der Waals surface area contributed by atoms with Crippen molar-refractivity contribution in [3.8, 4) is 11.8 Å². The van der Waals surface area contributed by atoms with Crippen molar-refractivity contribution < 1.29 is 0 Å². The Morgan fingerprint density at radius 3 is 2.73 bits per heavy atom. The van der Waals surface area contributed by atoms with Gasteiger partial charge in [-0.25, -0.2) is 0 Å². The van der Waals surface area contributed by atoms with Crippen molar-refractivity contribution >= 4 is 0 Å². The molecule has 1 heterocycles. The zero-order valence-corrected chi connectivity index (χ0v) is 10.6. The minimum absolute atomic E-state index is 0.279. The standard InChI is InChI=1S/C13H24N2/c1-5-8-9-15-11-13(4,7-3)14-10-12(15)6-2/h12,14H,6-7,9-11H2,1-4H3. The molecule has 86 valence electrons. The van der Waals surface area contributed by atoms with Crippen LogP contribution in [0.25, 0.3) is 0 Å². The van der Waals surface area contributed by atoms with Crippen LogP contribution in [0, 0.1) is 11.8 Å². The Hall–Kier alpha value is -0.520. The number of hydrogen-bond donors (Lipinski definition) is 1. The van der Waals surface area contributed by atoms with E-state index in [-0.39, 0.29) is 5.54 Å². The maximum atomic E-state index is 3.66. The van der Waals surface area contributed by atoms with Crippen molar-refractivity contribution in [3.05, 3.63) is 0 Å². The molecule has 1 aliphatic heterocycles. The van der Waals surface area contributed by atoms with Crippen LogP contribution in [0.15, 0.2) is 0 Å². The summed E-state index contributed by atoms with van der Waals surface area (Å²) in [5, 5.41) is 3.66. The highest BCUT2D eigenvalue weighted by molar-refractivity contribution is 5.02. The highest BCUT2D eigenvalue weighted by Gasteiger charge is 2.32. The van der Waals surface area contributed by atoms with E-state index in [1.165, 1.54) is 12.8 Å². The van der Waals surface area contributed by atoms with Crippen LogP contribution in [0.2, 0.25) is 0 Å². The lowest BCUT2D eigenvalue weighted by Gasteiger charge is -2.45. The lowest BCUT2D eigenvalue weighted by atomic mass is 9.93. The highest BCUT2D eigenvalue weighted by atomic mass is 15.2. The van der Waals surface area contributed by atoms with E-state index in [2.05, 4.69) is 42.8 Å². The highest BCUT2D eigenvalue weighted by Crippen LogP contribution is 2.19. The first-order valence-corrected chi connectivity index (χ1v) is 6.04. The van der Waals surface area contributed by atoms with Gasteiger partial charge in [-0.1, -0.05) is 19.8 Å². The van der Waals surface area contributed by atoms with Crippen LogP contribution in [0.5, 0.6) is 0 Å². The van der Waals surface area contributed by atoms with Gasteiger partial charge < -0.3 is 5.32 Å². The SMILES string of the molecule is CC#CCN1CC(C)(CC)NCC1CC. The Bertz CT molecular complexity index is 251. The summed E-state index contributed by atoms with van der Waals surface area (Å²) >= 11 is 0. The summed E-state index contributed by atoms with van der Waals surface area (Å²) in [4.78, 5) is 2.52. The summed E-state index contributed by atoms with van der Waals surface area (Å²) in [6, 6.07) is 0.658. The first-order valence-electron chi connectivity index (χ1n) is 6.04. The molecular formula is C13H24N2. The van der Waals surface area contributed by atoms with Crippen LogP contribution in [0.1, 0.15) is 40.5 Å². The first kappa shape index (κ1) is 12.5. The smallest absolute Gasteiger partial charge is 0.0604 e. The molecule has 0 aromatic rings. The predicted octanol–water partition coefficient (Wildman–Crippen LogP) is 1.86. The minimum atomic E-state index is 0.279. The fourth-order valence-electron chi connectivity index (χ4n) is 2.13. The molecule has 0 radical (unpaired) electrons. The van der Waals surface area contributed by atoms with Gasteiger partial charge in [0.25, 0.3) is 0 Å². The molecule has 1 fully saturated rings. The Morgan fingerprint density at radius 2 is 2.20 bits per heavy atom. The van der Waals surface area contributed by atoms with Crippen LogP contribution in [0.4, 0.5) is 0 Å². The molecule has 0 aromatic carbocycles. The second-order valence-electron chi connectivity index (χ2n) is 4.69. The lowest BCUT2D eigenvalue weighted by Crippen LogP contribution is -2.62. The van der Waals surface area contributed by atoms with Crippen molar-refractivity contribution in [2.45, 2.75) is 52.1 Å². The summed E-state index contributed by atoms with van der Waals surface area (Å²) in [5.74, 6) is 6.19. The first-order chi connectivity index (χ1) is 7.15. The third kappa shape index (κ3) is 3.22. The molecule has 2 unspecified atom stereocenters. The Balaban J connectivity index is 2.63. The largest absolute Gasteiger partial charge is 0.309 e. The van der Waals surface area contributed by atoms with Crippen LogP contribution >= 0.6 is 0 Å². The molecule has 0 aliphatic carbocycles. The maximum absolute atomic E-state index is 3.66. The van der Waals surface area contributed by atoms with Gasteiger partial charge in [-0.2, -0.15) is 0 Å². The Kier molecular flexibility index (Phi) is 4.63. The van der Waals surface area contributed by atoms with Gasteiger partial charge in [-0.3, -0.25) is 4.90 Å². The minimum Gasteiger partial charge on any atom is -0.309 e. The van der Waals surface area contributed by atoms with E-state index in [0.717, 1.165) is 19.6 Å². The molecular weight excluding hydrogens is 184 g/mol. The Morgan fingerprint density at radius 1 is 1.47 bits per heavy atom. The monoisotopic (exact) mass is 208 g/mol. The summed E-state index contributed by atoms with van der Waals surface area (Å²) in [6.45, 7) is 11.9. The van der Waals surface area contributed by atoms with E-state index in [4.69, 9.17) is 0 Å². The maximum Gasteiger partial charge on any atom is 0.0604 e. The third-order valence-electron chi connectivity index (χ3n) is 3.54. The fourth-order valence-corrected chi connectivity index (χ4v) is 2.13. The van der Waals surface area contributed by atoms with Gasteiger partial charge in [-0.05, 0) is 26.7 Å².